The van der Waals surface area contributed by atoms with E-state index in [0.717, 1.165) is 0 Å². The van der Waals surface area contributed by atoms with E-state index in [2.05, 4.69) is 20.3 Å². The molecule has 0 spiro atoms. The number of pyridine rings is 1. The highest BCUT2D eigenvalue weighted by Gasteiger charge is 2.30. The molecular formula is C11H14N4O4S. The normalized spacial score (nSPS) is 19.6. The number of imide groups is 1. The average molecular weight is 298 g/mol. The highest BCUT2D eigenvalue weighted by atomic mass is 32.2. The molecule has 20 heavy (non-hydrogen) atoms. The van der Waals surface area contributed by atoms with E-state index in [1.54, 1.807) is 7.05 Å². The second-order valence-electron chi connectivity index (χ2n) is 4.25. The zero-order chi connectivity index (χ0) is 14.8. The smallest absolute Gasteiger partial charge is 0.244 e. The van der Waals surface area contributed by atoms with Gasteiger partial charge in [-0.2, -0.15) is 4.72 Å². The van der Waals surface area contributed by atoms with E-state index < -0.39 is 27.9 Å². The van der Waals surface area contributed by atoms with Crippen LogP contribution in [0.5, 0.6) is 0 Å². The lowest BCUT2D eigenvalue weighted by atomic mass is 10.1. The first-order valence-electron chi connectivity index (χ1n) is 5.92. The molecule has 8 nitrogen and oxygen atoms in total. The number of carbonyl (C=O) groups is 2. The molecule has 0 aliphatic carbocycles. The third kappa shape index (κ3) is 3.11. The number of rotatable bonds is 4. The van der Waals surface area contributed by atoms with E-state index in [1.807, 2.05) is 0 Å². The Labute approximate surface area is 116 Å². The molecule has 108 valence electrons. The molecule has 0 aromatic carbocycles. The maximum atomic E-state index is 12.1. The third-order valence-corrected chi connectivity index (χ3v) is 4.30. The van der Waals surface area contributed by atoms with Gasteiger partial charge in [0.25, 0.3) is 0 Å². The van der Waals surface area contributed by atoms with Crippen molar-refractivity contribution in [2.24, 2.45) is 0 Å². The third-order valence-electron chi connectivity index (χ3n) is 2.84. The fourth-order valence-corrected chi connectivity index (χ4v) is 2.92. The quantitative estimate of drug-likeness (QED) is 0.627. The molecule has 9 heteroatoms. The first kappa shape index (κ1) is 14.4. The first-order valence-corrected chi connectivity index (χ1v) is 7.40. The number of nitrogens with one attached hydrogen (secondary N) is 3. The fourth-order valence-electron chi connectivity index (χ4n) is 1.75. The molecule has 0 radical (unpaired) electrons. The van der Waals surface area contributed by atoms with Crippen LogP contribution in [0.4, 0.5) is 5.82 Å². The molecule has 1 atom stereocenters. The van der Waals surface area contributed by atoms with E-state index >= 15 is 0 Å². The van der Waals surface area contributed by atoms with Crippen LogP contribution in [-0.2, 0) is 19.6 Å². The van der Waals surface area contributed by atoms with Gasteiger partial charge in [0, 0.05) is 19.7 Å². The van der Waals surface area contributed by atoms with Crippen molar-refractivity contribution in [1.29, 1.82) is 0 Å². The Balaban J connectivity index is 2.14. The van der Waals surface area contributed by atoms with Gasteiger partial charge < -0.3 is 5.32 Å². The lowest BCUT2D eigenvalue weighted by Crippen LogP contribution is -2.52. The van der Waals surface area contributed by atoms with E-state index in [4.69, 9.17) is 0 Å². The SMILES string of the molecule is CNc1ccc(S(=O)(=O)NC2CCC(=O)NC2=O)cn1. The predicted octanol–water partition coefficient (Wildman–Crippen LogP) is -0.793. The van der Waals surface area contributed by atoms with Gasteiger partial charge in [0.05, 0.1) is 0 Å². The van der Waals surface area contributed by atoms with Gasteiger partial charge in [0.15, 0.2) is 0 Å². The van der Waals surface area contributed by atoms with Crippen molar-refractivity contribution in [2.75, 3.05) is 12.4 Å². The monoisotopic (exact) mass is 298 g/mol. The number of piperidine rings is 1. The van der Waals surface area contributed by atoms with Crippen LogP contribution in [0.15, 0.2) is 23.2 Å². The number of nitrogens with zero attached hydrogens (tertiary/aromatic N) is 1. The summed E-state index contributed by atoms with van der Waals surface area (Å²) in [7, 11) is -2.18. The Morgan fingerprint density at radius 2 is 2.10 bits per heavy atom. The Morgan fingerprint density at radius 1 is 1.35 bits per heavy atom. The highest BCUT2D eigenvalue weighted by Crippen LogP contribution is 2.13. The molecule has 3 N–H and O–H groups in total. The Kier molecular flexibility index (Phi) is 4.00. The molecule has 1 aliphatic heterocycles. The molecule has 1 aromatic rings. The zero-order valence-corrected chi connectivity index (χ0v) is 11.5. The van der Waals surface area contributed by atoms with Crippen LogP contribution in [0.1, 0.15) is 12.8 Å². The van der Waals surface area contributed by atoms with Crippen LogP contribution in [0.2, 0.25) is 0 Å². The van der Waals surface area contributed by atoms with E-state index in [0.29, 0.717) is 5.82 Å². The maximum absolute atomic E-state index is 12.1. The molecule has 2 heterocycles. The Bertz CT molecular complexity index is 626. The molecule has 0 saturated carbocycles. The standard InChI is InChI=1S/C11H14N4O4S/c1-12-9-4-2-7(6-13-9)20(18,19)15-8-3-5-10(16)14-11(8)17/h2,4,6,8,15H,3,5H2,1H3,(H,12,13)(H,14,16,17). The van der Waals surface area contributed by atoms with Crippen molar-refractivity contribution in [3.05, 3.63) is 18.3 Å². The van der Waals surface area contributed by atoms with Crippen LogP contribution in [0, 0.1) is 0 Å². The second kappa shape index (κ2) is 5.55. The number of carbonyl (C=O) groups excluding carboxylic acids is 2. The Morgan fingerprint density at radius 3 is 2.65 bits per heavy atom. The van der Waals surface area contributed by atoms with Crippen molar-refractivity contribution >= 4 is 27.7 Å². The number of sulfonamides is 1. The molecule has 1 aromatic heterocycles. The summed E-state index contributed by atoms with van der Waals surface area (Å²) in [5, 5.41) is 4.86. The van der Waals surface area contributed by atoms with Gasteiger partial charge in [-0.25, -0.2) is 13.4 Å². The van der Waals surface area contributed by atoms with E-state index in [-0.39, 0.29) is 17.7 Å². The van der Waals surface area contributed by atoms with Gasteiger partial charge in [0.1, 0.15) is 16.8 Å². The van der Waals surface area contributed by atoms with E-state index in [9.17, 15) is 18.0 Å². The summed E-state index contributed by atoms with van der Waals surface area (Å²) in [5.41, 5.74) is 0. The van der Waals surface area contributed by atoms with Crippen molar-refractivity contribution in [3.8, 4) is 0 Å². The minimum absolute atomic E-state index is 0.0406. The largest absolute Gasteiger partial charge is 0.373 e. The van der Waals surface area contributed by atoms with Gasteiger partial charge >= 0.3 is 0 Å². The molecule has 2 rings (SSSR count). The van der Waals surface area contributed by atoms with Gasteiger partial charge in [-0.15, -0.1) is 0 Å². The van der Waals surface area contributed by atoms with Crippen molar-refractivity contribution in [1.82, 2.24) is 15.0 Å². The summed E-state index contributed by atoms with van der Waals surface area (Å²) in [6, 6.07) is 1.95. The van der Waals surface area contributed by atoms with Crippen LogP contribution in [0.3, 0.4) is 0 Å². The minimum Gasteiger partial charge on any atom is -0.373 e. The van der Waals surface area contributed by atoms with Gasteiger partial charge in [-0.1, -0.05) is 0 Å². The van der Waals surface area contributed by atoms with Crippen LogP contribution >= 0.6 is 0 Å². The number of hydrogen-bond acceptors (Lipinski definition) is 6. The Hall–Kier alpha value is -2.00. The number of aromatic nitrogens is 1. The van der Waals surface area contributed by atoms with Crippen molar-refractivity contribution in [2.45, 2.75) is 23.8 Å². The van der Waals surface area contributed by atoms with Gasteiger partial charge in [0.2, 0.25) is 21.8 Å². The molecule has 0 bridgehead atoms. The minimum atomic E-state index is -3.85. The van der Waals surface area contributed by atoms with Gasteiger partial charge in [-0.05, 0) is 18.6 Å². The molecule has 1 saturated heterocycles. The molecule has 2 amide bonds. The zero-order valence-electron chi connectivity index (χ0n) is 10.7. The molecule has 1 aliphatic rings. The van der Waals surface area contributed by atoms with Gasteiger partial charge in [-0.3, -0.25) is 14.9 Å². The molecule has 1 unspecified atom stereocenters. The topological polar surface area (TPSA) is 117 Å². The lowest BCUT2D eigenvalue weighted by Gasteiger charge is -2.21. The molecular weight excluding hydrogens is 284 g/mol. The molecule has 1 fully saturated rings. The van der Waals surface area contributed by atoms with Crippen LogP contribution in [0.25, 0.3) is 0 Å². The van der Waals surface area contributed by atoms with Crippen LogP contribution < -0.4 is 15.4 Å². The number of hydrogen-bond donors (Lipinski definition) is 3. The maximum Gasteiger partial charge on any atom is 0.244 e. The average Bonchev–Trinajstić information content (AvgIpc) is 2.42. The second-order valence-corrected chi connectivity index (χ2v) is 5.97. The number of anilines is 1. The summed E-state index contributed by atoms with van der Waals surface area (Å²) in [5.74, 6) is -0.500. The summed E-state index contributed by atoms with van der Waals surface area (Å²) < 4.78 is 26.4. The van der Waals surface area contributed by atoms with E-state index in [1.165, 1.54) is 18.3 Å². The van der Waals surface area contributed by atoms with Crippen LogP contribution in [-0.4, -0.2) is 38.3 Å². The highest BCUT2D eigenvalue weighted by molar-refractivity contribution is 7.89. The van der Waals surface area contributed by atoms with Crippen molar-refractivity contribution < 1.29 is 18.0 Å². The lowest BCUT2D eigenvalue weighted by molar-refractivity contribution is -0.134. The summed E-state index contributed by atoms with van der Waals surface area (Å²) in [4.78, 5) is 26.4. The summed E-state index contributed by atoms with van der Waals surface area (Å²) in [6.07, 6.45) is 1.45. The summed E-state index contributed by atoms with van der Waals surface area (Å²) >= 11 is 0. The van der Waals surface area contributed by atoms with Crippen molar-refractivity contribution in [3.63, 3.8) is 0 Å². The predicted molar refractivity (Wildman–Crippen MR) is 70.3 cm³/mol. The summed E-state index contributed by atoms with van der Waals surface area (Å²) in [6.45, 7) is 0. The fraction of sp³-hybridized carbons (Fsp3) is 0.364. The number of amides is 2. The first-order chi connectivity index (χ1) is 9.42.